The Morgan fingerprint density at radius 1 is 0.857 bits per heavy atom. The molecule has 0 aliphatic rings. The maximum Gasteiger partial charge on any atom is 1.00 e. The Morgan fingerprint density at radius 3 is 1.29 bits per heavy atom. The van der Waals surface area contributed by atoms with Gasteiger partial charge in [0.2, 0.25) is 0 Å². The number of rotatable bonds is 11. The number of ether oxygens (including phenoxy) is 1. The molecule has 0 radical (unpaired) electrons. The van der Waals surface area contributed by atoms with Crippen LogP contribution in [0.2, 0.25) is 0 Å². The smallest absolute Gasteiger partial charge is 0.550 e. The van der Waals surface area contributed by atoms with Crippen LogP contribution in [0.25, 0.3) is 0 Å². The fraction of sp³-hybridized carbons (Fsp3) is 0.688. The van der Waals surface area contributed by atoms with Crippen LogP contribution in [-0.4, -0.2) is 71.9 Å². The molecule has 0 aromatic rings. The van der Waals surface area contributed by atoms with Crippen LogP contribution in [0.4, 0.5) is 0 Å². The van der Waals surface area contributed by atoms with E-state index >= 15 is 0 Å². The van der Waals surface area contributed by atoms with Gasteiger partial charge in [0.1, 0.15) is 0 Å². The van der Waals surface area contributed by atoms with E-state index in [1.807, 2.05) is 0 Å². The molecular weight excluding hydrogens is 430 g/mol. The maximum absolute atomic E-state index is 9.86. The SMILES string of the molecule is C=CC(=O)OC.O=C([O-])CCCCCC(=O)[O-].OCC(CO)(CO)CO.[K+].[K+]. The molecule has 0 fully saturated rings. The minimum absolute atomic E-state index is 0. The van der Waals surface area contributed by atoms with Crippen LogP contribution in [0.15, 0.2) is 12.7 Å². The zero-order chi connectivity index (χ0) is 21.0. The van der Waals surface area contributed by atoms with Crippen molar-refractivity contribution in [1.29, 1.82) is 0 Å². The Morgan fingerprint density at radius 2 is 1.18 bits per heavy atom. The van der Waals surface area contributed by atoms with Gasteiger partial charge in [0.25, 0.3) is 0 Å². The van der Waals surface area contributed by atoms with E-state index in [1.165, 1.54) is 7.11 Å². The van der Waals surface area contributed by atoms with Crippen molar-refractivity contribution in [3.05, 3.63) is 12.7 Å². The van der Waals surface area contributed by atoms with E-state index in [1.54, 1.807) is 0 Å². The van der Waals surface area contributed by atoms with Crippen molar-refractivity contribution in [2.45, 2.75) is 32.1 Å². The second kappa shape index (κ2) is 28.3. The molecule has 0 aromatic heterocycles. The van der Waals surface area contributed by atoms with Crippen molar-refractivity contribution in [2.24, 2.45) is 5.41 Å². The van der Waals surface area contributed by atoms with Gasteiger partial charge in [-0.25, -0.2) is 4.79 Å². The fourth-order valence-corrected chi connectivity index (χ4v) is 1.10. The standard InChI is InChI=1S/C7H12O4.C5H12O4.C4H6O2.2K/c8-6(9)4-2-1-3-5-7(10)11;6-1-5(2-7,3-8)4-9;1-3-4(5)6-2;;/h1-5H2,(H,8,9)(H,10,11);6-9H,1-4H2;3H,1H2,2H3;;/q;;;2*+1/p-2. The van der Waals surface area contributed by atoms with Crippen molar-refractivity contribution in [3.63, 3.8) is 0 Å². The molecule has 0 spiro atoms. The van der Waals surface area contributed by atoms with Crippen LogP contribution < -0.4 is 113 Å². The van der Waals surface area contributed by atoms with Gasteiger partial charge >= 0.3 is 109 Å². The molecule has 0 aliphatic heterocycles. The van der Waals surface area contributed by atoms with E-state index in [2.05, 4.69) is 11.3 Å². The number of hydrogen-bond donors (Lipinski definition) is 4. The molecule has 0 aliphatic carbocycles. The number of carbonyl (C=O) groups is 3. The van der Waals surface area contributed by atoms with Gasteiger partial charge in [-0.3, -0.25) is 0 Å². The summed E-state index contributed by atoms with van der Waals surface area (Å²) < 4.78 is 4.14. The predicted octanol–water partition coefficient (Wildman–Crippen LogP) is -9.27. The maximum atomic E-state index is 9.86. The molecule has 154 valence electrons. The minimum Gasteiger partial charge on any atom is -0.550 e. The van der Waals surface area contributed by atoms with Gasteiger partial charge in [0.05, 0.1) is 39.0 Å². The number of aliphatic hydroxyl groups is 4. The first-order valence-electron chi connectivity index (χ1n) is 7.72. The Labute approximate surface area is 250 Å². The Bertz CT molecular complexity index is 367. The summed E-state index contributed by atoms with van der Waals surface area (Å²) in [6.45, 7) is 1.53. The van der Waals surface area contributed by atoms with Crippen molar-refractivity contribution < 1.29 is 153 Å². The van der Waals surface area contributed by atoms with Crippen LogP contribution >= 0.6 is 0 Å². The topological polar surface area (TPSA) is 187 Å². The number of unbranched alkanes of at least 4 members (excludes halogenated alkanes) is 2. The van der Waals surface area contributed by atoms with Crippen LogP contribution in [0.3, 0.4) is 0 Å². The molecule has 28 heavy (non-hydrogen) atoms. The number of methoxy groups -OCH3 is 1. The molecule has 0 atom stereocenters. The molecule has 4 N–H and O–H groups in total. The molecule has 0 heterocycles. The molecule has 0 saturated heterocycles. The molecule has 0 saturated carbocycles. The van der Waals surface area contributed by atoms with E-state index in [4.69, 9.17) is 20.4 Å². The summed E-state index contributed by atoms with van der Waals surface area (Å²) in [6.07, 6.45) is 2.69. The average molecular weight is 459 g/mol. The van der Waals surface area contributed by atoms with Gasteiger partial charge in [-0.1, -0.05) is 13.0 Å². The van der Waals surface area contributed by atoms with Crippen molar-refractivity contribution in [2.75, 3.05) is 33.5 Å². The Balaban J connectivity index is -0.0000000948. The van der Waals surface area contributed by atoms with Gasteiger partial charge in [0, 0.05) is 18.0 Å². The molecular formula is C16H28K2O10. The van der Waals surface area contributed by atoms with E-state index < -0.39 is 49.8 Å². The number of hydrogen-bond acceptors (Lipinski definition) is 10. The summed E-state index contributed by atoms with van der Waals surface area (Å²) in [5.74, 6) is -2.56. The summed E-state index contributed by atoms with van der Waals surface area (Å²) in [5.41, 5.74) is -1.11. The van der Waals surface area contributed by atoms with E-state index in [9.17, 15) is 24.6 Å². The normalized spacial score (nSPS) is 9.04. The molecule has 0 unspecified atom stereocenters. The van der Waals surface area contributed by atoms with Crippen molar-refractivity contribution >= 4 is 17.9 Å². The summed E-state index contributed by atoms with van der Waals surface area (Å²) in [5, 5.41) is 53.7. The molecule has 12 heteroatoms. The van der Waals surface area contributed by atoms with Crippen LogP contribution in [0, 0.1) is 5.41 Å². The second-order valence-corrected chi connectivity index (χ2v) is 5.16. The Hall–Kier alpha value is 1.26. The van der Waals surface area contributed by atoms with E-state index in [-0.39, 0.29) is 116 Å². The zero-order valence-electron chi connectivity index (χ0n) is 16.9. The Kier molecular flexibility index (Phi) is 40.1. The quantitative estimate of drug-likeness (QED) is 0.100. The van der Waals surface area contributed by atoms with Crippen molar-refractivity contribution in [3.8, 4) is 0 Å². The summed E-state index contributed by atoms with van der Waals surface area (Å²) >= 11 is 0. The van der Waals surface area contributed by atoms with E-state index in [0.29, 0.717) is 19.3 Å². The number of carboxylic acids is 2. The molecule has 0 amide bonds. The number of carboxylic acid groups (broad SMARTS) is 2. The van der Waals surface area contributed by atoms with E-state index in [0.717, 1.165) is 6.08 Å². The predicted molar refractivity (Wildman–Crippen MR) is 86.1 cm³/mol. The second-order valence-electron chi connectivity index (χ2n) is 5.16. The van der Waals surface area contributed by atoms with Gasteiger partial charge in [-0.05, 0) is 25.7 Å². The van der Waals surface area contributed by atoms with Gasteiger partial charge in [-0.15, -0.1) is 0 Å². The van der Waals surface area contributed by atoms with Crippen LogP contribution in [-0.2, 0) is 19.1 Å². The molecule has 0 rings (SSSR count). The monoisotopic (exact) mass is 458 g/mol. The fourth-order valence-electron chi connectivity index (χ4n) is 1.10. The number of esters is 1. The molecule has 10 nitrogen and oxygen atoms in total. The van der Waals surface area contributed by atoms with Crippen LogP contribution in [0.5, 0.6) is 0 Å². The van der Waals surface area contributed by atoms with Gasteiger partial charge < -0.3 is 45.0 Å². The third kappa shape index (κ3) is 29.5. The third-order valence-corrected chi connectivity index (χ3v) is 2.97. The first-order valence-corrected chi connectivity index (χ1v) is 7.72. The summed E-state index contributed by atoms with van der Waals surface area (Å²) in [6, 6.07) is 0. The molecule has 0 bridgehead atoms. The summed E-state index contributed by atoms with van der Waals surface area (Å²) in [7, 11) is 1.31. The number of aliphatic carboxylic acids is 2. The van der Waals surface area contributed by atoms with Gasteiger partial charge in [-0.2, -0.15) is 0 Å². The number of carbonyl (C=O) groups excluding carboxylic acids is 3. The van der Waals surface area contributed by atoms with Crippen molar-refractivity contribution in [1.82, 2.24) is 0 Å². The largest absolute Gasteiger partial charge is 1.00 e. The zero-order valence-corrected chi connectivity index (χ0v) is 23.1. The minimum atomic E-state index is -1.11. The molecule has 0 aromatic carbocycles. The number of aliphatic hydroxyl groups excluding tert-OH is 4. The van der Waals surface area contributed by atoms with Crippen LogP contribution in [0.1, 0.15) is 32.1 Å². The first kappa shape index (κ1) is 39.7. The average Bonchev–Trinajstić information content (AvgIpc) is 2.63. The summed E-state index contributed by atoms with van der Waals surface area (Å²) in [4.78, 5) is 29.6. The first-order chi connectivity index (χ1) is 12.2. The van der Waals surface area contributed by atoms with Gasteiger partial charge in [0.15, 0.2) is 0 Å². The third-order valence-electron chi connectivity index (χ3n) is 2.97.